The summed E-state index contributed by atoms with van der Waals surface area (Å²) in [5.41, 5.74) is 0. The lowest BCUT2D eigenvalue weighted by Gasteiger charge is -2.35. The Morgan fingerprint density at radius 1 is 1.00 bits per heavy atom. The van der Waals surface area contributed by atoms with Gasteiger partial charge in [-0.15, -0.1) is 0 Å². The van der Waals surface area contributed by atoms with E-state index in [1.165, 1.54) is 64.9 Å². The molecule has 182 valence electrons. The Kier molecular flexibility index (Phi) is 12.5. The van der Waals surface area contributed by atoms with Crippen LogP contribution in [0.15, 0.2) is 4.76 Å². The van der Waals surface area contributed by atoms with E-state index in [-0.39, 0.29) is 6.10 Å². The minimum atomic E-state index is -3.26. The lowest BCUT2D eigenvalue weighted by Crippen LogP contribution is -2.41. The monoisotopic (exact) mass is 458 g/mol. The summed E-state index contributed by atoms with van der Waals surface area (Å²) in [5.74, 6) is 0.820. The van der Waals surface area contributed by atoms with Gasteiger partial charge in [0.25, 0.3) is 0 Å². The third-order valence-electron chi connectivity index (χ3n) is 6.49. The van der Waals surface area contributed by atoms with E-state index in [1.54, 1.807) is 0 Å². The topological polar surface area (TPSA) is 57.6 Å². The molecule has 0 N–H and O–H groups in total. The van der Waals surface area contributed by atoms with Gasteiger partial charge >= 0.3 is 7.67 Å². The van der Waals surface area contributed by atoms with Crippen LogP contribution in [-0.2, 0) is 13.8 Å². The number of ether oxygens (including phenoxy) is 1. The van der Waals surface area contributed by atoms with Crippen LogP contribution in [0.5, 0.6) is 0 Å². The predicted molar refractivity (Wildman–Crippen MR) is 130 cm³/mol. The zero-order valence-electron chi connectivity index (χ0n) is 20.6. The van der Waals surface area contributed by atoms with E-state index >= 15 is 0 Å². The number of nitrogens with zero attached hydrogens (tertiary/aromatic N) is 4. The van der Waals surface area contributed by atoms with Crippen LogP contribution in [0.25, 0.3) is 0 Å². The molecule has 0 radical (unpaired) electrons. The Morgan fingerprint density at radius 2 is 1.65 bits per heavy atom. The van der Waals surface area contributed by atoms with Gasteiger partial charge in [0.2, 0.25) is 5.96 Å². The lowest BCUT2D eigenvalue weighted by molar-refractivity contribution is -0.00712. The maximum Gasteiger partial charge on any atom is 0.392 e. The number of likely N-dealkylation sites (N-methyl/N-ethyl adjacent to an activating group) is 1. The highest BCUT2D eigenvalue weighted by molar-refractivity contribution is 7.55. The molecule has 1 unspecified atom stereocenters. The molecule has 0 bridgehead atoms. The quantitative estimate of drug-likeness (QED) is 0.243. The maximum atomic E-state index is 13.6. The number of hydrogen-bond acceptors (Lipinski definition) is 3. The van der Waals surface area contributed by atoms with Crippen LogP contribution in [0, 0.1) is 0 Å². The van der Waals surface area contributed by atoms with Gasteiger partial charge in [0.1, 0.15) is 0 Å². The zero-order chi connectivity index (χ0) is 22.5. The largest absolute Gasteiger partial charge is 0.392 e. The van der Waals surface area contributed by atoms with Crippen molar-refractivity contribution in [3.05, 3.63) is 0 Å². The van der Waals surface area contributed by atoms with E-state index in [9.17, 15) is 4.57 Å². The maximum absolute atomic E-state index is 13.6. The lowest BCUT2D eigenvalue weighted by atomic mass is 10.1. The van der Waals surface area contributed by atoms with Crippen molar-refractivity contribution in [3.63, 3.8) is 0 Å². The molecule has 0 aromatic heterocycles. The first-order chi connectivity index (χ1) is 15.0. The molecule has 0 saturated carbocycles. The van der Waals surface area contributed by atoms with E-state index in [1.807, 2.05) is 11.7 Å². The molecule has 8 heteroatoms. The van der Waals surface area contributed by atoms with Gasteiger partial charge in [0.05, 0.1) is 12.7 Å². The Labute approximate surface area is 191 Å². The van der Waals surface area contributed by atoms with Crippen LogP contribution >= 0.6 is 7.67 Å². The van der Waals surface area contributed by atoms with Crippen molar-refractivity contribution in [2.45, 2.75) is 90.6 Å². The Hall–Kier alpha value is -0.620. The van der Waals surface area contributed by atoms with E-state index < -0.39 is 7.67 Å². The number of guanidine groups is 1. The first kappa shape index (κ1) is 26.6. The molecule has 2 rings (SSSR count). The van der Waals surface area contributed by atoms with Gasteiger partial charge in [-0.2, -0.15) is 4.76 Å². The Balaban J connectivity index is 1.79. The number of unbranched alkanes of at least 4 members (excludes halogenated alkanes) is 9. The fourth-order valence-corrected chi connectivity index (χ4v) is 6.03. The number of rotatable bonds is 15. The SMILES string of the molecule is CCCCCCCCCCCCN1CCN(C)C1=NP(=O)(OC)N1CCO[C@@H](CC)C1. The average molecular weight is 459 g/mol. The summed E-state index contributed by atoms with van der Waals surface area (Å²) < 4.78 is 31.5. The molecule has 0 aliphatic carbocycles. The molecule has 2 fully saturated rings. The molecule has 2 aliphatic rings. The van der Waals surface area contributed by atoms with Crippen molar-refractivity contribution < 1.29 is 13.8 Å². The second kappa shape index (κ2) is 14.5. The van der Waals surface area contributed by atoms with E-state index in [0.717, 1.165) is 38.4 Å². The third kappa shape index (κ3) is 8.68. The minimum Gasteiger partial charge on any atom is -0.376 e. The van der Waals surface area contributed by atoms with Gasteiger partial charge in [-0.1, -0.05) is 71.6 Å². The van der Waals surface area contributed by atoms with Crippen LogP contribution in [0.3, 0.4) is 0 Å². The predicted octanol–water partition coefficient (Wildman–Crippen LogP) is 5.38. The minimum absolute atomic E-state index is 0.0986. The van der Waals surface area contributed by atoms with Crippen molar-refractivity contribution in [2.75, 3.05) is 53.5 Å². The molecule has 31 heavy (non-hydrogen) atoms. The van der Waals surface area contributed by atoms with Crippen LogP contribution in [-0.4, -0.2) is 80.0 Å². The fourth-order valence-electron chi connectivity index (χ4n) is 4.37. The summed E-state index contributed by atoms with van der Waals surface area (Å²) in [4.78, 5) is 4.40. The van der Waals surface area contributed by atoms with E-state index in [0.29, 0.717) is 19.7 Å². The molecular formula is C23H47N4O3P. The number of hydrogen-bond donors (Lipinski definition) is 0. The van der Waals surface area contributed by atoms with Gasteiger partial charge in [-0.05, 0) is 12.8 Å². The Bertz CT molecular complexity index is 575. The van der Waals surface area contributed by atoms with Gasteiger partial charge in [0.15, 0.2) is 0 Å². The normalized spacial score (nSPS) is 23.6. The summed E-state index contributed by atoms with van der Waals surface area (Å²) in [6.07, 6.45) is 14.3. The molecule has 0 aromatic carbocycles. The van der Waals surface area contributed by atoms with Crippen LogP contribution in [0.4, 0.5) is 0 Å². The van der Waals surface area contributed by atoms with Crippen molar-refractivity contribution in [1.82, 2.24) is 14.5 Å². The van der Waals surface area contributed by atoms with E-state index in [4.69, 9.17) is 14.0 Å². The molecule has 0 spiro atoms. The fraction of sp³-hybridized carbons (Fsp3) is 0.957. The summed E-state index contributed by atoms with van der Waals surface area (Å²) in [6, 6.07) is 0. The van der Waals surface area contributed by atoms with Gasteiger partial charge in [0, 0.05) is 46.9 Å². The average Bonchev–Trinajstić information content (AvgIpc) is 3.13. The Morgan fingerprint density at radius 3 is 2.26 bits per heavy atom. The summed E-state index contributed by atoms with van der Waals surface area (Å²) in [5, 5.41) is 0. The second-order valence-electron chi connectivity index (χ2n) is 8.98. The highest BCUT2D eigenvalue weighted by atomic mass is 31.2. The standard InChI is InChI=1S/C23H47N4O3P/c1-5-7-8-9-10-11-12-13-14-15-16-26-18-17-25(3)23(26)24-31(28,29-4)27-19-20-30-22(6-2)21-27/h22H,5-21H2,1-4H3/t22-,31?/m0/s1. The molecule has 2 saturated heterocycles. The van der Waals surface area contributed by atoms with Crippen molar-refractivity contribution >= 4 is 13.6 Å². The summed E-state index contributed by atoms with van der Waals surface area (Å²) in [7, 11) is 0.292. The van der Waals surface area contributed by atoms with Gasteiger partial charge in [-0.25, -0.2) is 9.24 Å². The highest BCUT2D eigenvalue weighted by Crippen LogP contribution is 2.53. The highest BCUT2D eigenvalue weighted by Gasteiger charge is 2.37. The van der Waals surface area contributed by atoms with Crippen molar-refractivity contribution in [2.24, 2.45) is 4.76 Å². The summed E-state index contributed by atoms with van der Waals surface area (Å²) >= 11 is 0. The number of morpholine rings is 1. The van der Waals surface area contributed by atoms with Gasteiger partial charge < -0.3 is 19.1 Å². The molecule has 7 nitrogen and oxygen atoms in total. The van der Waals surface area contributed by atoms with Crippen molar-refractivity contribution in [3.8, 4) is 0 Å². The zero-order valence-corrected chi connectivity index (χ0v) is 21.5. The molecule has 2 heterocycles. The summed E-state index contributed by atoms with van der Waals surface area (Å²) in [6.45, 7) is 8.99. The molecular weight excluding hydrogens is 411 g/mol. The van der Waals surface area contributed by atoms with Crippen LogP contribution < -0.4 is 0 Å². The van der Waals surface area contributed by atoms with Gasteiger partial charge in [-0.3, -0.25) is 0 Å². The van der Waals surface area contributed by atoms with E-state index in [2.05, 4.69) is 23.6 Å². The molecule has 2 atom stereocenters. The van der Waals surface area contributed by atoms with Crippen LogP contribution in [0.2, 0.25) is 0 Å². The van der Waals surface area contributed by atoms with Crippen molar-refractivity contribution in [1.29, 1.82) is 0 Å². The third-order valence-corrected chi connectivity index (χ3v) is 8.48. The molecule has 0 aromatic rings. The first-order valence-corrected chi connectivity index (χ1v) is 14.2. The van der Waals surface area contributed by atoms with Crippen LogP contribution in [0.1, 0.15) is 84.5 Å². The second-order valence-corrected chi connectivity index (χ2v) is 11.1. The smallest absolute Gasteiger partial charge is 0.376 e. The first-order valence-electron chi connectivity index (χ1n) is 12.6. The molecule has 0 amide bonds. The molecule has 2 aliphatic heterocycles.